The lowest BCUT2D eigenvalue weighted by Gasteiger charge is -2.24. The van der Waals surface area contributed by atoms with Crippen molar-refractivity contribution < 1.29 is 13.2 Å². The topological polar surface area (TPSA) is 47.6 Å². The third kappa shape index (κ3) is 4.93. The van der Waals surface area contributed by atoms with E-state index in [2.05, 4.69) is 91.1 Å². The van der Waals surface area contributed by atoms with Crippen LogP contribution in [0.1, 0.15) is 23.1 Å². The molecule has 3 unspecified atom stereocenters. The number of hydrogen-bond acceptors (Lipinski definition) is 2. The van der Waals surface area contributed by atoms with Gasteiger partial charge in [0.15, 0.2) is 0 Å². The van der Waals surface area contributed by atoms with Gasteiger partial charge in [0.1, 0.15) is 0 Å². The van der Waals surface area contributed by atoms with E-state index in [1.807, 2.05) is 42.5 Å². The van der Waals surface area contributed by atoms with Crippen LogP contribution in [-0.4, -0.2) is 0 Å². The Morgan fingerprint density at radius 3 is 2.17 bits per heavy atom. The third-order valence-corrected chi connectivity index (χ3v) is 11.6. The normalized spacial score (nSPS) is 20.5. The van der Waals surface area contributed by atoms with Crippen LogP contribution < -0.4 is 10.4 Å². The van der Waals surface area contributed by atoms with E-state index in [9.17, 15) is 23.7 Å². The van der Waals surface area contributed by atoms with Crippen molar-refractivity contribution >= 4 is 39.3 Å². The smallest absolute Gasteiger partial charge is 0.198 e. The fourth-order valence-corrected chi connectivity index (χ4v) is 8.93. The molecule has 5 aromatic carbocycles. The molecular weight excluding hydrogens is 674 g/mol. The molecule has 0 aromatic heterocycles. The summed E-state index contributed by atoms with van der Waals surface area (Å²) in [5.41, 5.74) is 10.8. The largest absolute Gasteiger partial charge is 0.416 e. The van der Waals surface area contributed by atoms with Crippen LogP contribution in [0, 0.1) is 40.4 Å². The summed E-state index contributed by atoms with van der Waals surface area (Å²) in [5.74, 6) is 0.162. The molecule has 0 N–H and O–H groups in total. The Morgan fingerprint density at radius 1 is 0.667 bits per heavy atom. The highest BCUT2D eigenvalue weighted by Crippen LogP contribution is 2.51. The molecule has 5 aliphatic rings. The summed E-state index contributed by atoms with van der Waals surface area (Å²) in [4.78, 5) is 0. The Kier molecular flexibility index (Phi) is 7.06. The van der Waals surface area contributed by atoms with Crippen molar-refractivity contribution in [3.8, 4) is 34.4 Å². The maximum absolute atomic E-state index is 13.4. The predicted molar refractivity (Wildman–Crippen MR) is 210 cm³/mol. The van der Waals surface area contributed by atoms with E-state index >= 15 is 0 Å². The van der Waals surface area contributed by atoms with E-state index in [0.717, 1.165) is 71.9 Å². The Bertz CT molecular complexity index is 2950. The average Bonchev–Trinajstić information content (AvgIpc) is 3.53. The predicted octanol–water partition coefficient (Wildman–Crippen LogP) is 10.8. The Labute approximate surface area is 309 Å². The van der Waals surface area contributed by atoms with Crippen molar-refractivity contribution in [2.24, 2.45) is 17.8 Å². The van der Waals surface area contributed by atoms with Crippen molar-refractivity contribution in [3.63, 3.8) is 0 Å². The fourth-order valence-electron chi connectivity index (χ4n) is 8.93. The lowest BCUT2D eigenvalue weighted by atomic mass is 9.79. The van der Waals surface area contributed by atoms with Gasteiger partial charge in [-0.15, -0.1) is 0 Å². The summed E-state index contributed by atoms with van der Waals surface area (Å²) in [5, 5.41) is 25.7. The highest BCUT2D eigenvalue weighted by Gasteiger charge is 2.39. The van der Waals surface area contributed by atoms with E-state index in [0.29, 0.717) is 17.5 Å². The highest BCUT2D eigenvalue weighted by molar-refractivity contribution is 6.15. The Morgan fingerprint density at radius 2 is 1.43 bits per heavy atom. The van der Waals surface area contributed by atoms with Crippen LogP contribution in [0.15, 0.2) is 156 Å². The van der Waals surface area contributed by atoms with Crippen LogP contribution in [-0.2, 0) is 6.18 Å². The van der Waals surface area contributed by atoms with Crippen molar-refractivity contribution in [1.29, 1.82) is 10.5 Å². The van der Waals surface area contributed by atoms with Crippen LogP contribution in [0.3, 0.4) is 0 Å². The van der Waals surface area contributed by atoms with E-state index in [1.54, 1.807) is 0 Å². The standard InChI is InChI=1S/C49H29F3N2/c50-49(51,52)35-18-15-30(16-19-35)34-17-20-36-41(21-34)39(31-11-7-28(26-53)8-12-31)23-46-42(36)22-40(32-13-9-29(27-54)10-14-32)45-24-43-37-5-1-3-33-4-2-6-38(48(33)37)44(43)25-47(45)46/h1-7,9-25,28,43,48H,8H2. The van der Waals surface area contributed by atoms with Gasteiger partial charge in [-0.05, 0) is 143 Å². The number of allylic oxidation sites excluding steroid dienone is 14. The zero-order valence-corrected chi connectivity index (χ0v) is 28.8. The molecule has 0 fully saturated rings. The molecule has 5 aromatic rings. The van der Waals surface area contributed by atoms with E-state index < -0.39 is 11.7 Å². The van der Waals surface area contributed by atoms with Gasteiger partial charge in [0.2, 0.25) is 0 Å². The SMILES string of the molecule is N#Cc1ccc(-c2cc3c(cc(C4=CCC(C#N)C=C4)c4cc(-c5ccc(C(F)(F)F)cc5)ccc43)c3c2=CC2C4=CC=CC5=CC=CC(=C2C=3)C54)cc1. The van der Waals surface area contributed by atoms with Gasteiger partial charge in [-0.3, -0.25) is 0 Å². The third-order valence-electron chi connectivity index (χ3n) is 11.6. The zero-order valence-electron chi connectivity index (χ0n) is 28.8. The second-order valence-corrected chi connectivity index (χ2v) is 14.5. The molecule has 10 rings (SSSR count). The Balaban J connectivity index is 1.28. The summed E-state index contributed by atoms with van der Waals surface area (Å²) in [6, 6.07) is 28.4. The molecule has 0 spiro atoms. The highest BCUT2D eigenvalue weighted by atomic mass is 19.4. The quantitative estimate of drug-likeness (QED) is 0.176. The number of nitrogens with zero attached hydrogens (tertiary/aromatic N) is 2. The molecule has 5 aliphatic carbocycles. The van der Waals surface area contributed by atoms with Gasteiger partial charge < -0.3 is 0 Å². The summed E-state index contributed by atoms with van der Waals surface area (Å²) < 4.78 is 40.3. The minimum Gasteiger partial charge on any atom is -0.198 e. The monoisotopic (exact) mass is 702 g/mol. The molecule has 5 heteroatoms. The number of halogens is 3. The zero-order chi connectivity index (χ0) is 36.7. The van der Waals surface area contributed by atoms with E-state index in [1.165, 1.54) is 34.4 Å². The van der Waals surface area contributed by atoms with Gasteiger partial charge in [-0.2, -0.15) is 23.7 Å². The number of nitriles is 2. The van der Waals surface area contributed by atoms with Gasteiger partial charge in [-0.1, -0.05) is 97.2 Å². The Hall–Kier alpha value is -6.69. The minimum absolute atomic E-state index is 0.126. The molecule has 0 heterocycles. The van der Waals surface area contributed by atoms with Crippen LogP contribution >= 0.6 is 0 Å². The van der Waals surface area contributed by atoms with Crippen molar-refractivity contribution in [3.05, 3.63) is 183 Å². The van der Waals surface area contributed by atoms with E-state index in [4.69, 9.17) is 0 Å². The van der Waals surface area contributed by atoms with Crippen molar-refractivity contribution in [2.75, 3.05) is 0 Å². The number of rotatable bonds is 3. The molecular formula is C49H29F3N2. The molecule has 0 bridgehead atoms. The van der Waals surface area contributed by atoms with Gasteiger partial charge >= 0.3 is 6.18 Å². The van der Waals surface area contributed by atoms with Gasteiger partial charge in [0.05, 0.1) is 29.2 Å². The molecule has 0 radical (unpaired) electrons. The maximum Gasteiger partial charge on any atom is 0.416 e. The molecule has 0 aliphatic heterocycles. The number of hydrogen-bond donors (Lipinski definition) is 0. The number of alkyl halides is 3. The van der Waals surface area contributed by atoms with Crippen molar-refractivity contribution in [2.45, 2.75) is 12.6 Å². The molecule has 0 saturated heterocycles. The summed E-state index contributed by atoms with van der Waals surface area (Å²) in [7, 11) is 0. The first-order chi connectivity index (χ1) is 26.3. The minimum atomic E-state index is -4.41. The maximum atomic E-state index is 13.4. The molecule has 0 saturated carbocycles. The molecule has 256 valence electrons. The molecule has 3 atom stereocenters. The first-order valence-corrected chi connectivity index (χ1v) is 18.0. The van der Waals surface area contributed by atoms with Gasteiger partial charge in [0, 0.05) is 11.8 Å². The molecule has 0 amide bonds. The molecule has 54 heavy (non-hydrogen) atoms. The first-order valence-electron chi connectivity index (χ1n) is 18.0. The van der Waals surface area contributed by atoms with Crippen molar-refractivity contribution in [1.82, 2.24) is 0 Å². The summed E-state index contributed by atoms with van der Waals surface area (Å²) in [6.07, 6.45) is 20.3. The lowest BCUT2D eigenvalue weighted by Crippen LogP contribution is -2.32. The summed E-state index contributed by atoms with van der Waals surface area (Å²) in [6.45, 7) is 0. The van der Waals surface area contributed by atoms with Gasteiger partial charge in [-0.25, -0.2) is 0 Å². The van der Waals surface area contributed by atoms with Crippen LogP contribution in [0.25, 0.3) is 61.5 Å². The first kappa shape index (κ1) is 32.0. The van der Waals surface area contributed by atoms with Crippen LogP contribution in [0.4, 0.5) is 13.2 Å². The summed E-state index contributed by atoms with van der Waals surface area (Å²) >= 11 is 0. The van der Waals surface area contributed by atoms with Gasteiger partial charge in [0.25, 0.3) is 0 Å². The molecule has 2 nitrogen and oxygen atoms in total. The fraction of sp³-hybridized carbons (Fsp3) is 0.102. The number of benzene rings is 5. The lowest BCUT2D eigenvalue weighted by molar-refractivity contribution is -0.137. The number of fused-ring (bicyclic) bond motifs is 7. The van der Waals surface area contributed by atoms with Crippen LogP contribution in [0.5, 0.6) is 0 Å². The second kappa shape index (κ2) is 11.9. The van der Waals surface area contributed by atoms with Crippen LogP contribution in [0.2, 0.25) is 0 Å². The average molecular weight is 703 g/mol. The van der Waals surface area contributed by atoms with E-state index in [-0.39, 0.29) is 17.8 Å². The second-order valence-electron chi connectivity index (χ2n) is 14.5.